The minimum atomic E-state index is -0.794. The summed E-state index contributed by atoms with van der Waals surface area (Å²) >= 11 is 12.8. The number of amides is 3. The minimum Gasteiger partial charge on any atom is -0.452 e. The van der Waals surface area contributed by atoms with Gasteiger partial charge in [0.05, 0.1) is 33.8 Å². The van der Waals surface area contributed by atoms with Crippen LogP contribution in [0.1, 0.15) is 16.8 Å². The highest BCUT2D eigenvalue weighted by molar-refractivity contribution is 6.32. The van der Waals surface area contributed by atoms with Crippen LogP contribution < -0.4 is 10.2 Å². The molecule has 2 aliphatic carbocycles. The second-order valence-corrected chi connectivity index (χ2v) is 9.71. The van der Waals surface area contributed by atoms with Gasteiger partial charge in [0.25, 0.3) is 5.91 Å². The molecule has 1 heterocycles. The first-order chi connectivity index (χ1) is 16.3. The van der Waals surface area contributed by atoms with E-state index in [1.54, 1.807) is 6.07 Å². The van der Waals surface area contributed by atoms with Crippen molar-refractivity contribution in [2.75, 3.05) is 16.8 Å². The number of benzene rings is 2. The molecule has 0 spiro atoms. The van der Waals surface area contributed by atoms with E-state index in [9.17, 15) is 23.6 Å². The smallest absolute Gasteiger partial charge is 0.338 e. The zero-order valence-corrected chi connectivity index (χ0v) is 19.1. The Morgan fingerprint density at radius 1 is 1.00 bits per heavy atom. The fourth-order valence-corrected chi connectivity index (χ4v) is 6.21. The summed E-state index contributed by atoms with van der Waals surface area (Å²) in [6, 6.07) is 11.1. The van der Waals surface area contributed by atoms with Gasteiger partial charge in [-0.1, -0.05) is 6.07 Å². The van der Waals surface area contributed by atoms with Crippen molar-refractivity contribution >= 4 is 58.3 Å². The number of nitrogens with one attached hydrogen (secondary N) is 1. The third-order valence-electron chi connectivity index (χ3n) is 6.79. The average molecular weight is 505 g/mol. The largest absolute Gasteiger partial charge is 0.452 e. The minimum absolute atomic E-state index is 0.0816. The third kappa shape index (κ3) is 3.75. The van der Waals surface area contributed by atoms with Crippen molar-refractivity contribution in [3.05, 3.63) is 59.9 Å². The number of carbonyl (C=O) groups is 4. The zero-order chi connectivity index (χ0) is 24.1. The van der Waals surface area contributed by atoms with Crippen LogP contribution in [0.15, 0.2) is 48.5 Å². The molecule has 5 rings (SSSR count). The molecule has 0 aromatic heterocycles. The molecule has 0 radical (unpaired) electrons. The Bertz CT molecular complexity index is 1160. The lowest BCUT2D eigenvalue weighted by atomic mass is 9.80. The van der Waals surface area contributed by atoms with E-state index in [2.05, 4.69) is 5.32 Å². The van der Waals surface area contributed by atoms with Crippen LogP contribution in [-0.4, -0.2) is 41.1 Å². The normalized spacial score (nSPS) is 29.3. The van der Waals surface area contributed by atoms with Crippen LogP contribution >= 0.6 is 23.2 Å². The second kappa shape index (κ2) is 8.67. The number of esters is 1. The molecule has 2 bridgehead atoms. The van der Waals surface area contributed by atoms with Gasteiger partial charge < -0.3 is 10.1 Å². The molecule has 1 N–H and O–H groups in total. The standard InChI is InChI=1S/C24H19Cl2FN2O5/c25-20-15-9-16(21(20)26)19-18(15)22(31)29(23(19)32)14-3-1-2-11(8-14)24(33)34-10-17(30)28-13-6-4-12(27)5-7-13/h1-8,15-16,18-21H,9-10H2,(H,28,30)/t15-,16-,18-,19-,20-,21+/m1/s1. The highest BCUT2D eigenvalue weighted by Gasteiger charge is 2.66. The summed E-state index contributed by atoms with van der Waals surface area (Å²) in [5.41, 5.74) is 0.692. The van der Waals surface area contributed by atoms with Gasteiger partial charge in [0.15, 0.2) is 6.61 Å². The van der Waals surface area contributed by atoms with Gasteiger partial charge in [-0.25, -0.2) is 9.18 Å². The van der Waals surface area contributed by atoms with E-state index in [0.29, 0.717) is 12.1 Å². The summed E-state index contributed by atoms with van der Waals surface area (Å²) in [6.07, 6.45) is 0.662. The maximum Gasteiger partial charge on any atom is 0.338 e. The lowest BCUT2D eigenvalue weighted by Gasteiger charge is -2.28. The molecule has 3 amide bonds. The number of hydrogen-bond acceptors (Lipinski definition) is 5. The molecule has 2 aromatic rings. The van der Waals surface area contributed by atoms with Crippen molar-refractivity contribution in [2.45, 2.75) is 17.2 Å². The Morgan fingerprint density at radius 2 is 1.62 bits per heavy atom. The summed E-state index contributed by atoms with van der Waals surface area (Å²) < 4.78 is 18.0. The Kier molecular flexibility index (Phi) is 5.81. The van der Waals surface area contributed by atoms with E-state index < -0.39 is 36.1 Å². The maximum absolute atomic E-state index is 13.1. The Hall–Kier alpha value is -2.97. The van der Waals surface area contributed by atoms with E-state index in [4.69, 9.17) is 27.9 Å². The van der Waals surface area contributed by atoms with Crippen LogP contribution in [0, 0.1) is 29.5 Å². The third-order valence-corrected chi connectivity index (χ3v) is 8.11. The van der Waals surface area contributed by atoms with E-state index in [1.807, 2.05) is 0 Å². The van der Waals surface area contributed by atoms with Crippen molar-refractivity contribution in [3.8, 4) is 0 Å². The van der Waals surface area contributed by atoms with Gasteiger partial charge in [-0.05, 0) is 60.7 Å². The first-order valence-corrected chi connectivity index (χ1v) is 11.6. The van der Waals surface area contributed by atoms with Crippen molar-refractivity contribution in [3.63, 3.8) is 0 Å². The first-order valence-electron chi connectivity index (χ1n) is 10.7. The fourth-order valence-electron chi connectivity index (χ4n) is 5.32. The van der Waals surface area contributed by atoms with Gasteiger partial charge in [0, 0.05) is 5.69 Å². The SMILES string of the molecule is O=C(COC(=O)c1cccc(N2C(=O)[C@@H]3[C@H]4C[C@@H]([C@@H](Cl)[C@H]4Cl)[C@H]3C2=O)c1)Nc1ccc(F)cc1. The van der Waals surface area contributed by atoms with Gasteiger partial charge in [-0.2, -0.15) is 0 Å². The number of nitrogens with zero attached hydrogens (tertiary/aromatic N) is 1. The van der Waals surface area contributed by atoms with Crippen LogP contribution in [0.3, 0.4) is 0 Å². The molecule has 2 saturated carbocycles. The molecule has 7 nitrogen and oxygen atoms in total. The number of hydrogen-bond donors (Lipinski definition) is 1. The number of alkyl halides is 2. The molecule has 3 fully saturated rings. The Morgan fingerprint density at radius 3 is 2.24 bits per heavy atom. The summed E-state index contributed by atoms with van der Waals surface area (Å²) in [4.78, 5) is 51.9. The van der Waals surface area contributed by atoms with Crippen LogP contribution in [-0.2, 0) is 19.1 Å². The van der Waals surface area contributed by atoms with Crippen molar-refractivity contribution in [1.82, 2.24) is 0 Å². The van der Waals surface area contributed by atoms with Gasteiger partial charge >= 0.3 is 5.97 Å². The summed E-state index contributed by atoms with van der Waals surface area (Å²) in [7, 11) is 0. The predicted octanol–water partition coefficient (Wildman–Crippen LogP) is 3.59. The number of imide groups is 1. The topological polar surface area (TPSA) is 92.8 Å². The molecule has 176 valence electrons. The van der Waals surface area contributed by atoms with Crippen LogP contribution in [0.5, 0.6) is 0 Å². The van der Waals surface area contributed by atoms with E-state index in [-0.39, 0.29) is 45.7 Å². The number of carbonyl (C=O) groups excluding carboxylic acids is 4. The number of halogens is 3. The highest BCUT2D eigenvalue weighted by atomic mass is 35.5. The molecule has 0 unspecified atom stereocenters. The molecule has 3 aliphatic rings. The lowest BCUT2D eigenvalue weighted by molar-refractivity contribution is -0.123. The average Bonchev–Trinajstić information content (AvgIpc) is 3.44. The van der Waals surface area contributed by atoms with Gasteiger partial charge in [-0.15, -0.1) is 23.2 Å². The maximum atomic E-state index is 13.1. The van der Waals surface area contributed by atoms with Crippen molar-refractivity contribution in [2.24, 2.45) is 23.7 Å². The van der Waals surface area contributed by atoms with Crippen LogP contribution in [0.25, 0.3) is 0 Å². The van der Waals surface area contributed by atoms with E-state index in [1.165, 1.54) is 42.5 Å². The molecule has 6 atom stereocenters. The molecule has 2 aromatic carbocycles. The summed E-state index contributed by atoms with van der Waals surface area (Å²) in [5, 5.41) is 1.78. The first kappa shape index (κ1) is 22.8. The predicted molar refractivity (Wildman–Crippen MR) is 122 cm³/mol. The van der Waals surface area contributed by atoms with Crippen LogP contribution in [0.4, 0.5) is 15.8 Å². The molecular weight excluding hydrogens is 486 g/mol. The Balaban J connectivity index is 1.26. The van der Waals surface area contributed by atoms with E-state index in [0.717, 1.165) is 4.90 Å². The molecule has 10 heteroatoms. The van der Waals surface area contributed by atoms with Gasteiger partial charge in [-0.3, -0.25) is 19.3 Å². The van der Waals surface area contributed by atoms with Crippen LogP contribution in [0.2, 0.25) is 0 Å². The van der Waals surface area contributed by atoms with Gasteiger partial charge in [0.1, 0.15) is 5.82 Å². The second-order valence-electron chi connectivity index (χ2n) is 8.70. The monoisotopic (exact) mass is 504 g/mol. The fraction of sp³-hybridized carbons (Fsp3) is 0.333. The van der Waals surface area contributed by atoms with Crippen molar-refractivity contribution in [1.29, 1.82) is 0 Å². The molecule has 1 aliphatic heterocycles. The number of anilines is 2. The zero-order valence-electron chi connectivity index (χ0n) is 17.6. The van der Waals surface area contributed by atoms with Gasteiger partial charge in [0.2, 0.25) is 11.8 Å². The Labute approximate surface area is 204 Å². The lowest BCUT2D eigenvalue weighted by Crippen LogP contribution is -2.37. The van der Waals surface area contributed by atoms with Crippen molar-refractivity contribution < 1.29 is 28.3 Å². The molecule has 1 saturated heterocycles. The molecular formula is C24H19Cl2FN2O5. The molecule has 34 heavy (non-hydrogen) atoms. The summed E-state index contributed by atoms with van der Waals surface area (Å²) in [5.74, 6) is -3.79. The number of ether oxygens (including phenoxy) is 1. The van der Waals surface area contributed by atoms with E-state index >= 15 is 0 Å². The number of fused-ring (bicyclic) bond motifs is 5. The quantitative estimate of drug-likeness (QED) is 0.381. The number of rotatable bonds is 5. The highest BCUT2D eigenvalue weighted by Crippen LogP contribution is 2.59. The summed E-state index contributed by atoms with van der Waals surface area (Å²) in [6.45, 7) is -0.566.